The van der Waals surface area contributed by atoms with Crippen molar-refractivity contribution in [1.29, 1.82) is 0 Å². The fraction of sp³-hybridized carbons (Fsp3) is 0.308. The van der Waals surface area contributed by atoms with Crippen LogP contribution in [0.2, 0.25) is 0 Å². The molecule has 0 radical (unpaired) electrons. The quantitative estimate of drug-likeness (QED) is 0.408. The molecule has 1 aliphatic rings. The molecule has 0 saturated carbocycles. The number of amides is 1. The molecule has 9 heteroatoms. The number of nitrogens with zero attached hydrogens (tertiary/aromatic N) is 3. The minimum atomic E-state index is -3.67. The monoisotopic (exact) mass is 509 g/mol. The van der Waals surface area contributed by atoms with Crippen molar-refractivity contribution in [3.8, 4) is 0 Å². The molecule has 182 valence electrons. The summed E-state index contributed by atoms with van der Waals surface area (Å²) in [4.78, 5) is 18.2. The first-order chi connectivity index (χ1) is 16.8. The van der Waals surface area contributed by atoms with Crippen LogP contribution in [0.1, 0.15) is 31.1 Å². The summed E-state index contributed by atoms with van der Waals surface area (Å²) in [6.45, 7) is 7.04. The Labute approximate surface area is 208 Å². The number of ether oxygens (including phenoxy) is 1. The second-order valence-corrected chi connectivity index (χ2v) is 11.7. The third kappa shape index (κ3) is 4.45. The van der Waals surface area contributed by atoms with Crippen LogP contribution in [-0.2, 0) is 21.3 Å². The second kappa shape index (κ2) is 9.31. The van der Waals surface area contributed by atoms with Gasteiger partial charge in [-0.3, -0.25) is 4.79 Å². The van der Waals surface area contributed by atoms with Crippen LogP contribution < -0.4 is 4.80 Å². The number of aromatic nitrogens is 1. The molecule has 1 aromatic heterocycles. The van der Waals surface area contributed by atoms with Crippen LogP contribution >= 0.6 is 11.3 Å². The highest BCUT2D eigenvalue weighted by atomic mass is 32.2. The summed E-state index contributed by atoms with van der Waals surface area (Å²) < 4.78 is 36.4. The van der Waals surface area contributed by atoms with Gasteiger partial charge in [-0.1, -0.05) is 41.7 Å². The summed E-state index contributed by atoms with van der Waals surface area (Å²) in [5.74, 6) is -0.402. The highest BCUT2D eigenvalue weighted by molar-refractivity contribution is 7.89. The summed E-state index contributed by atoms with van der Waals surface area (Å²) in [5.41, 5.74) is 1.38. The Kier molecular flexibility index (Phi) is 6.35. The van der Waals surface area contributed by atoms with E-state index in [2.05, 4.69) is 29.3 Å². The first kappa shape index (κ1) is 23.9. The Morgan fingerprint density at radius 1 is 1.03 bits per heavy atom. The van der Waals surface area contributed by atoms with Crippen molar-refractivity contribution in [1.82, 2.24) is 8.87 Å². The number of sulfonamides is 1. The molecule has 2 heterocycles. The number of hydrogen-bond acceptors (Lipinski definition) is 5. The molecule has 2 atom stereocenters. The molecule has 3 aromatic carbocycles. The highest BCUT2D eigenvalue weighted by Crippen LogP contribution is 2.28. The third-order valence-electron chi connectivity index (χ3n) is 6.21. The molecule has 5 rings (SSSR count). The Bertz CT molecular complexity index is 1580. The standard InChI is InChI=1S/C26H27N3O4S2/c1-4-29-23-14-11-19-7-5-6-8-22(19)24(23)34-26(29)27-25(30)20-9-12-21(13-10-20)35(31,32)28-15-17(2)33-18(3)16-28/h5-14,17-18H,4,15-16H2,1-3H3/t17-,18-/m0/s1. The fourth-order valence-electron chi connectivity index (χ4n) is 4.59. The molecule has 1 fully saturated rings. The molecule has 1 amide bonds. The molecule has 0 spiro atoms. The van der Waals surface area contributed by atoms with Crippen LogP contribution in [-0.4, -0.2) is 48.5 Å². The van der Waals surface area contributed by atoms with Crippen molar-refractivity contribution < 1.29 is 17.9 Å². The number of hydrogen-bond donors (Lipinski definition) is 0. The molecule has 35 heavy (non-hydrogen) atoms. The maximum atomic E-state index is 13.1. The predicted octanol–water partition coefficient (Wildman–Crippen LogP) is 4.41. The molecule has 1 aliphatic heterocycles. The summed E-state index contributed by atoms with van der Waals surface area (Å²) in [6, 6.07) is 18.3. The van der Waals surface area contributed by atoms with Crippen LogP contribution in [0.3, 0.4) is 0 Å². The minimum Gasteiger partial charge on any atom is -0.373 e. The van der Waals surface area contributed by atoms with E-state index in [9.17, 15) is 13.2 Å². The van der Waals surface area contributed by atoms with Crippen molar-refractivity contribution >= 4 is 48.3 Å². The minimum absolute atomic E-state index is 0.160. The smallest absolute Gasteiger partial charge is 0.279 e. The summed E-state index contributed by atoms with van der Waals surface area (Å²) >= 11 is 1.49. The van der Waals surface area contributed by atoms with E-state index in [0.29, 0.717) is 30.0 Å². The van der Waals surface area contributed by atoms with Gasteiger partial charge >= 0.3 is 0 Å². The zero-order valence-corrected chi connectivity index (χ0v) is 21.5. The predicted molar refractivity (Wildman–Crippen MR) is 138 cm³/mol. The number of morpholine rings is 1. The van der Waals surface area contributed by atoms with Crippen LogP contribution in [0.4, 0.5) is 0 Å². The Morgan fingerprint density at radius 3 is 2.40 bits per heavy atom. The van der Waals surface area contributed by atoms with Crippen molar-refractivity contribution in [2.45, 2.75) is 44.4 Å². The van der Waals surface area contributed by atoms with Crippen LogP contribution in [0, 0.1) is 0 Å². The van der Waals surface area contributed by atoms with E-state index in [1.54, 1.807) is 0 Å². The molecular weight excluding hydrogens is 482 g/mol. The average Bonchev–Trinajstić information content (AvgIpc) is 3.21. The van der Waals surface area contributed by atoms with E-state index in [4.69, 9.17) is 4.74 Å². The van der Waals surface area contributed by atoms with E-state index in [0.717, 1.165) is 21.0 Å². The van der Waals surface area contributed by atoms with Gasteiger partial charge in [0.1, 0.15) is 0 Å². The SMILES string of the molecule is CCn1c(=NC(=O)c2ccc(S(=O)(=O)N3C[C@H](C)O[C@@H](C)C3)cc2)sc2c3ccccc3ccc21. The van der Waals surface area contributed by atoms with Gasteiger partial charge in [0.2, 0.25) is 10.0 Å². The molecule has 4 aromatic rings. The molecule has 1 saturated heterocycles. The van der Waals surface area contributed by atoms with Gasteiger partial charge in [-0.15, -0.1) is 0 Å². The number of aryl methyl sites for hydroxylation is 1. The Morgan fingerprint density at radius 2 is 1.71 bits per heavy atom. The fourth-order valence-corrected chi connectivity index (χ4v) is 7.40. The van der Waals surface area contributed by atoms with Gasteiger partial charge in [-0.2, -0.15) is 9.30 Å². The number of thiazole rings is 1. The van der Waals surface area contributed by atoms with Crippen LogP contribution in [0.25, 0.3) is 21.0 Å². The maximum Gasteiger partial charge on any atom is 0.279 e. The van der Waals surface area contributed by atoms with Crippen LogP contribution in [0.5, 0.6) is 0 Å². The summed E-state index contributed by atoms with van der Waals surface area (Å²) in [7, 11) is -3.67. The van der Waals surface area contributed by atoms with Gasteiger partial charge in [-0.25, -0.2) is 8.42 Å². The maximum absolute atomic E-state index is 13.1. The first-order valence-corrected chi connectivity index (χ1v) is 13.9. The molecule has 0 N–H and O–H groups in total. The van der Waals surface area contributed by atoms with E-state index in [1.165, 1.54) is 39.9 Å². The summed E-state index contributed by atoms with van der Waals surface area (Å²) in [5, 5.41) is 2.27. The van der Waals surface area contributed by atoms with E-state index < -0.39 is 15.9 Å². The van der Waals surface area contributed by atoms with Crippen molar-refractivity contribution in [3.63, 3.8) is 0 Å². The number of carbonyl (C=O) groups is 1. The lowest BCUT2D eigenvalue weighted by molar-refractivity contribution is -0.0440. The van der Waals surface area contributed by atoms with Gasteiger partial charge in [0.25, 0.3) is 5.91 Å². The second-order valence-electron chi connectivity index (χ2n) is 8.78. The number of rotatable bonds is 4. The van der Waals surface area contributed by atoms with E-state index in [1.807, 2.05) is 37.5 Å². The Hall–Kier alpha value is -2.85. The molecule has 7 nitrogen and oxygen atoms in total. The Balaban J connectivity index is 1.47. The highest BCUT2D eigenvalue weighted by Gasteiger charge is 2.32. The number of fused-ring (bicyclic) bond motifs is 3. The van der Waals surface area contributed by atoms with Gasteiger partial charge in [0.15, 0.2) is 4.80 Å². The van der Waals surface area contributed by atoms with Crippen LogP contribution in [0.15, 0.2) is 70.6 Å². The lowest BCUT2D eigenvalue weighted by Crippen LogP contribution is -2.48. The third-order valence-corrected chi connectivity index (χ3v) is 9.19. The van der Waals surface area contributed by atoms with E-state index in [-0.39, 0.29) is 17.1 Å². The number of benzene rings is 3. The van der Waals surface area contributed by atoms with E-state index >= 15 is 0 Å². The van der Waals surface area contributed by atoms with Gasteiger partial charge in [-0.05, 0) is 56.5 Å². The topological polar surface area (TPSA) is 81.0 Å². The largest absolute Gasteiger partial charge is 0.373 e. The zero-order valence-electron chi connectivity index (χ0n) is 19.8. The van der Waals surface area contributed by atoms with Gasteiger partial charge in [0.05, 0.1) is 27.3 Å². The van der Waals surface area contributed by atoms with Crippen molar-refractivity contribution in [3.05, 3.63) is 71.0 Å². The average molecular weight is 510 g/mol. The molecule has 0 unspecified atom stereocenters. The molecule has 0 aliphatic carbocycles. The normalized spacial score (nSPS) is 20.0. The lowest BCUT2D eigenvalue weighted by atomic mass is 10.1. The number of carbonyl (C=O) groups excluding carboxylic acids is 1. The zero-order chi connectivity index (χ0) is 24.7. The van der Waals surface area contributed by atoms with Crippen molar-refractivity contribution in [2.75, 3.05) is 13.1 Å². The molecular formula is C26H27N3O4S2. The summed E-state index contributed by atoms with van der Waals surface area (Å²) in [6.07, 6.45) is -0.339. The van der Waals surface area contributed by atoms with Gasteiger partial charge < -0.3 is 9.30 Å². The van der Waals surface area contributed by atoms with Crippen molar-refractivity contribution in [2.24, 2.45) is 4.99 Å². The van der Waals surface area contributed by atoms with Gasteiger partial charge in [0, 0.05) is 30.6 Å². The molecule has 0 bridgehead atoms. The lowest BCUT2D eigenvalue weighted by Gasteiger charge is -2.34. The first-order valence-electron chi connectivity index (χ1n) is 11.6.